The molecule has 1 fully saturated rings. The van der Waals surface area contributed by atoms with Crippen LogP contribution in [0.15, 0.2) is 53.4 Å². The highest BCUT2D eigenvalue weighted by molar-refractivity contribution is 7.92. The second kappa shape index (κ2) is 7.73. The number of hydrogen-bond donors (Lipinski definition) is 0. The number of para-hydroxylation sites is 2. The maximum Gasteiger partial charge on any atom is 0.200 e. The van der Waals surface area contributed by atoms with Gasteiger partial charge in [0.1, 0.15) is 11.5 Å². The van der Waals surface area contributed by atoms with Gasteiger partial charge in [0, 0.05) is 13.1 Å². The lowest BCUT2D eigenvalue weighted by Gasteiger charge is -2.30. The highest BCUT2D eigenvalue weighted by atomic mass is 32.2. The van der Waals surface area contributed by atoms with Gasteiger partial charge in [0.25, 0.3) is 0 Å². The van der Waals surface area contributed by atoms with Crippen molar-refractivity contribution in [1.29, 1.82) is 5.26 Å². The van der Waals surface area contributed by atoms with Gasteiger partial charge in [-0.15, -0.1) is 0 Å². The molecule has 0 spiro atoms. The second-order valence-corrected chi connectivity index (χ2v) is 8.56. The van der Waals surface area contributed by atoms with Gasteiger partial charge < -0.3 is 9.64 Å². The summed E-state index contributed by atoms with van der Waals surface area (Å²) in [7, 11) is -4.14. The smallest absolute Gasteiger partial charge is 0.200 e. The Morgan fingerprint density at radius 2 is 1.66 bits per heavy atom. The standard InChI is InChI=1S/C20H17FN4O3S/c21-14-5-7-15(8-6-14)29(26,27)18(13-22)19-20(25-9-11-28-12-10-25)24-17-4-2-1-3-16(17)23-19/h1-8,18H,9-12H2. The minimum Gasteiger partial charge on any atom is -0.378 e. The van der Waals surface area contributed by atoms with Crippen molar-refractivity contribution in [2.75, 3.05) is 31.2 Å². The highest BCUT2D eigenvalue weighted by Crippen LogP contribution is 2.34. The van der Waals surface area contributed by atoms with E-state index in [1.165, 1.54) is 0 Å². The van der Waals surface area contributed by atoms with Crippen LogP contribution >= 0.6 is 0 Å². The molecule has 1 aliphatic rings. The van der Waals surface area contributed by atoms with Crippen molar-refractivity contribution in [1.82, 2.24) is 9.97 Å². The molecule has 1 aromatic heterocycles. The van der Waals surface area contributed by atoms with Crippen LogP contribution in [0.5, 0.6) is 0 Å². The number of hydrogen-bond acceptors (Lipinski definition) is 7. The van der Waals surface area contributed by atoms with E-state index in [-0.39, 0.29) is 10.6 Å². The second-order valence-electron chi connectivity index (χ2n) is 6.53. The van der Waals surface area contributed by atoms with Crippen LogP contribution in [0, 0.1) is 17.1 Å². The van der Waals surface area contributed by atoms with Gasteiger partial charge >= 0.3 is 0 Å². The van der Waals surface area contributed by atoms with E-state index in [4.69, 9.17) is 4.74 Å². The maximum absolute atomic E-state index is 13.3. The molecule has 0 bridgehead atoms. The molecule has 4 rings (SSSR count). The molecular weight excluding hydrogens is 395 g/mol. The summed E-state index contributed by atoms with van der Waals surface area (Å²) in [5.41, 5.74) is 1.17. The van der Waals surface area contributed by atoms with Gasteiger partial charge in [0.15, 0.2) is 11.1 Å². The number of anilines is 1. The molecule has 0 N–H and O–H groups in total. The summed E-state index contributed by atoms with van der Waals surface area (Å²) >= 11 is 0. The number of benzene rings is 2. The zero-order valence-corrected chi connectivity index (χ0v) is 16.1. The van der Waals surface area contributed by atoms with E-state index in [2.05, 4.69) is 9.97 Å². The molecule has 0 amide bonds. The van der Waals surface area contributed by atoms with Crippen molar-refractivity contribution in [2.45, 2.75) is 10.1 Å². The van der Waals surface area contributed by atoms with E-state index in [0.29, 0.717) is 43.2 Å². The minimum absolute atomic E-state index is 0.0671. The monoisotopic (exact) mass is 412 g/mol. The molecule has 3 aromatic rings. The third kappa shape index (κ3) is 3.64. The van der Waals surface area contributed by atoms with Gasteiger partial charge in [-0.2, -0.15) is 5.26 Å². The lowest BCUT2D eigenvalue weighted by atomic mass is 10.2. The fourth-order valence-corrected chi connectivity index (χ4v) is 4.60. The fourth-order valence-electron chi connectivity index (χ4n) is 3.23. The molecule has 7 nitrogen and oxygen atoms in total. The first-order valence-corrected chi connectivity index (χ1v) is 10.5. The molecule has 0 aliphatic carbocycles. The number of morpholine rings is 1. The lowest BCUT2D eigenvalue weighted by molar-refractivity contribution is 0.122. The summed E-state index contributed by atoms with van der Waals surface area (Å²) in [4.78, 5) is 10.9. The lowest BCUT2D eigenvalue weighted by Crippen LogP contribution is -2.38. The number of rotatable bonds is 4. The predicted molar refractivity (Wildman–Crippen MR) is 105 cm³/mol. The fraction of sp³-hybridized carbons (Fsp3) is 0.250. The van der Waals surface area contributed by atoms with Crippen LogP contribution in [-0.2, 0) is 14.6 Å². The van der Waals surface area contributed by atoms with Crippen LogP contribution < -0.4 is 4.90 Å². The van der Waals surface area contributed by atoms with Crippen LogP contribution in [-0.4, -0.2) is 44.7 Å². The largest absolute Gasteiger partial charge is 0.378 e. The van der Waals surface area contributed by atoms with Crippen LogP contribution in [0.4, 0.5) is 10.2 Å². The maximum atomic E-state index is 13.3. The predicted octanol–water partition coefficient (Wildman–Crippen LogP) is 2.64. The number of halogens is 1. The summed E-state index contributed by atoms with van der Waals surface area (Å²) in [5.74, 6) is -0.207. The Bertz CT molecular complexity index is 1190. The van der Waals surface area contributed by atoms with E-state index in [9.17, 15) is 18.1 Å². The summed E-state index contributed by atoms with van der Waals surface area (Å²) in [6.07, 6.45) is 0. The molecule has 148 valence electrons. The molecular formula is C20H17FN4O3S. The average molecular weight is 412 g/mol. The van der Waals surface area contributed by atoms with Gasteiger partial charge in [0.05, 0.1) is 35.2 Å². The van der Waals surface area contributed by atoms with E-state index in [0.717, 1.165) is 24.3 Å². The van der Waals surface area contributed by atoms with Crippen molar-refractivity contribution >= 4 is 26.7 Å². The quantitative estimate of drug-likeness (QED) is 0.608. The highest BCUT2D eigenvalue weighted by Gasteiger charge is 2.35. The van der Waals surface area contributed by atoms with Crippen molar-refractivity contribution in [3.05, 3.63) is 60.0 Å². The Hall–Kier alpha value is -3.09. The van der Waals surface area contributed by atoms with E-state index < -0.39 is 20.9 Å². The molecule has 1 saturated heterocycles. The third-order valence-corrected chi connectivity index (χ3v) is 6.59. The Morgan fingerprint density at radius 1 is 1.03 bits per heavy atom. The average Bonchev–Trinajstić information content (AvgIpc) is 2.74. The Morgan fingerprint density at radius 3 is 2.28 bits per heavy atom. The molecule has 2 heterocycles. The topological polar surface area (TPSA) is 96.2 Å². The molecule has 2 aromatic carbocycles. The summed E-state index contributed by atoms with van der Waals surface area (Å²) in [6, 6.07) is 13.4. The minimum atomic E-state index is -4.14. The summed E-state index contributed by atoms with van der Waals surface area (Å²) in [5, 5.41) is 8.23. The Balaban J connectivity index is 1.89. The van der Waals surface area contributed by atoms with Crippen molar-refractivity contribution < 1.29 is 17.5 Å². The number of nitriles is 1. The van der Waals surface area contributed by atoms with Crippen LogP contribution in [0.25, 0.3) is 11.0 Å². The van der Waals surface area contributed by atoms with Gasteiger partial charge in [-0.05, 0) is 36.4 Å². The van der Waals surface area contributed by atoms with Gasteiger partial charge in [0.2, 0.25) is 9.84 Å². The number of nitrogens with zero attached hydrogens (tertiary/aromatic N) is 4. The Kier molecular flexibility index (Phi) is 5.13. The van der Waals surface area contributed by atoms with Gasteiger partial charge in [-0.1, -0.05) is 12.1 Å². The van der Waals surface area contributed by atoms with E-state index >= 15 is 0 Å². The summed E-state index contributed by atoms with van der Waals surface area (Å²) in [6.45, 7) is 1.95. The molecule has 1 aliphatic heterocycles. The number of ether oxygens (including phenoxy) is 1. The Labute approximate surface area is 167 Å². The molecule has 0 radical (unpaired) electrons. The van der Waals surface area contributed by atoms with Crippen LogP contribution in [0.1, 0.15) is 10.9 Å². The van der Waals surface area contributed by atoms with Crippen LogP contribution in [0.3, 0.4) is 0 Å². The van der Waals surface area contributed by atoms with Crippen molar-refractivity contribution in [2.24, 2.45) is 0 Å². The number of aromatic nitrogens is 2. The third-order valence-electron chi connectivity index (χ3n) is 4.71. The SMILES string of the molecule is N#CC(c1nc2ccccc2nc1N1CCOCC1)S(=O)(=O)c1ccc(F)cc1. The van der Waals surface area contributed by atoms with Crippen LogP contribution in [0.2, 0.25) is 0 Å². The first-order valence-electron chi connectivity index (χ1n) is 8.99. The van der Waals surface area contributed by atoms with E-state index in [1.54, 1.807) is 18.2 Å². The summed E-state index contributed by atoms with van der Waals surface area (Å²) < 4.78 is 45.0. The molecule has 0 saturated carbocycles. The molecule has 9 heteroatoms. The first kappa shape index (κ1) is 19.2. The van der Waals surface area contributed by atoms with Crippen molar-refractivity contribution in [3.63, 3.8) is 0 Å². The van der Waals surface area contributed by atoms with Crippen molar-refractivity contribution in [3.8, 4) is 6.07 Å². The number of sulfone groups is 1. The first-order chi connectivity index (χ1) is 14.0. The molecule has 1 atom stereocenters. The zero-order chi connectivity index (χ0) is 20.4. The number of fused-ring (bicyclic) bond motifs is 1. The normalized spacial score (nSPS) is 15.8. The van der Waals surface area contributed by atoms with E-state index in [1.807, 2.05) is 17.0 Å². The van der Waals surface area contributed by atoms with Gasteiger partial charge in [-0.3, -0.25) is 0 Å². The molecule has 1 unspecified atom stereocenters. The molecule has 29 heavy (non-hydrogen) atoms. The zero-order valence-electron chi connectivity index (χ0n) is 15.3. The van der Waals surface area contributed by atoms with Gasteiger partial charge in [-0.25, -0.2) is 22.8 Å².